The average Bonchev–Trinajstić information content (AvgIpc) is 3.93. The number of allylic oxidation sites excluding steroid dienone is 1. The number of fused-ring (bicyclic) bond motifs is 2. The lowest BCUT2D eigenvalue weighted by atomic mass is 9.67. The molecule has 0 unspecified atom stereocenters. The first-order chi connectivity index (χ1) is 29.6. The molecule has 2 aliphatic heterocycles. The summed E-state index contributed by atoms with van der Waals surface area (Å²) >= 11 is 0. The Morgan fingerprint density at radius 1 is 1.05 bits per heavy atom. The van der Waals surface area contributed by atoms with Crippen LogP contribution in [-0.4, -0.2) is 111 Å². The fraction of sp³-hybridized carbons (Fsp3) is 0.522. The Balaban J connectivity index is 0.918. The van der Waals surface area contributed by atoms with Gasteiger partial charge in [-0.05, 0) is 105 Å². The fourth-order valence-electron chi connectivity index (χ4n) is 10.7. The fourth-order valence-corrected chi connectivity index (χ4v) is 11.6. The summed E-state index contributed by atoms with van der Waals surface area (Å²) in [6.45, 7) is 14.0. The van der Waals surface area contributed by atoms with Crippen LogP contribution in [0, 0.1) is 32.8 Å². The quantitative estimate of drug-likeness (QED) is 0.0702. The van der Waals surface area contributed by atoms with Gasteiger partial charge in [-0.25, -0.2) is 18.1 Å². The van der Waals surface area contributed by atoms with Gasteiger partial charge in [0.05, 0.1) is 34.3 Å². The number of morpholine rings is 1. The first kappa shape index (κ1) is 42.3. The zero-order valence-corrected chi connectivity index (χ0v) is 36.9. The Morgan fingerprint density at radius 2 is 1.85 bits per heavy atom. The molecule has 3 saturated carbocycles. The van der Waals surface area contributed by atoms with E-state index >= 15 is 0 Å². The number of H-pyrrole nitrogens is 1. The van der Waals surface area contributed by atoms with Crippen molar-refractivity contribution >= 4 is 44.0 Å². The number of nitro groups is 1. The second-order valence-electron chi connectivity index (χ2n) is 19.4. The Hall–Kier alpha value is -5.03. The van der Waals surface area contributed by atoms with E-state index in [1.165, 1.54) is 50.7 Å². The molecule has 2 aromatic carbocycles. The molecular formula is C46H58N8O7S. The van der Waals surface area contributed by atoms with Gasteiger partial charge in [0.25, 0.3) is 21.6 Å². The largest absolute Gasteiger partial charge is 0.455 e. The van der Waals surface area contributed by atoms with E-state index in [2.05, 4.69) is 55.5 Å². The lowest BCUT2D eigenvalue weighted by Gasteiger charge is -2.41. The number of piperazine rings is 1. The number of pyridine rings is 1. The summed E-state index contributed by atoms with van der Waals surface area (Å²) in [6.07, 6.45) is 10.9. The number of nitrogens with one attached hydrogen (secondary N) is 3. The van der Waals surface area contributed by atoms with Crippen molar-refractivity contribution in [1.29, 1.82) is 0 Å². The van der Waals surface area contributed by atoms with E-state index in [0.29, 0.717) is 41.9 Å². The molecule has 6 aliphatic rings. The van der Waals surface area contributed by atoms with E-state index in [0.717, 1.165) is 68.2 Å². The minimum Gasteiger partial charge on any atom is -0.455 e. The number of ether oxygens (including phenoxy) is 2. The van der Waals surface area contributed by atoms with Crippen LogP contribution in [0.5, 0.6) is 11.5 Å². The number of likely N-dealkylation sites (N-methyl/N-ethyl adjacent to an activating group) is 1. The van der Waals surface area contributed by atoms with Crippen molar-refractivity contribution in [2.45, 2.75) is 70.3 Å². The van der Waals surface area contributed by atoms with Crippen LogP contribution in [0.2, 0.25) is 0 Å². The van der Waals surface area contributed by atoms with Crippen LogP contribution >= 0.6 is 0 Å². The number of carbonyl (C=O) groups excluding carboxylic acids is 1. The molecule has 0 radical (unpaired) electrons. The molecule has 2 aromatic heterocycles. The summed E-state index contributed by atoms with van der Waals surface area (Å²) in [6, 6.07) is 12.3. The summed E-state index contributed by atoms with van der Waals surface area (Å²) in [5.41, 5.74) is 5.55. The van der Waals surface area contributed by atoms with Crippen LogP contribution in [0.15, 0.2) is 77.0 Å². The van der Waals surface area contributed by atoms with Gasteiger partial charge >= 0.3 is 0 Å². The highest BCUT2D eigenvalue weighted by Gasteiger charge is 2.54. The highest BCUT2D eigenvalue weighted by atomic mass is 32.2. The van der Waals surface area contributed by atoms with E-state index in [4.69, 9.17) is 9.47 Å². The molecular weight excluding hydrogens is 809 g/mol. The first-order valence-corrected chi connectivity index (χ1v) is 23.4. The third-order valence-corrected chi connectivity index (χ3v) is 15.3. The van der Waals surface area contributed by atoms with Crippen LogP contribution < -0.4 is 19.7 Å². The summed E-state index contributed by atoms with van der Waals surface area (Å²) in [5.74, 6) is 1.20. The van der Waals surface area contributed by atoms with Crippen molar-refractivity contribution in [3.05, 3.63) is 87.7 Å². The number of rotatable bonds is 13. The lowest BCUT2D eigenvalue weighted by Crippen LogP contribution is -2.47. The Bertz CT molecular complexity index is 2510. The third-order valence-electron chi connectivity index (χ3n) is 14.0. The standard InChI is InChI=1S/C46H58N8O7S/c1-45(2)11-9-31(38(24-45)39-25-46(3)22-32(39)23-46)28-52-13-15-53(16-14-52)33-5-7-37(42(20-33)61-34-19-30-10-12-47-43(30)49-26-34)44(55)50-62(58,59)36-6-8-40(41(21-36)54(56)57)48-27-35-29-51(4)17-18-60-35/h5-8,10,12,19-21,26,32,35,39,48H,9,11,13-18,22-25,27-29H2,1-4H3,(H,47,49)(H,50,55)/t32?,35-,39-,46?/m1/s1. The topological polar surface area (TPSA) is 175 Å². The number of benzene rings is 2. The van der Waals surface area contributed by atoms with Crippen LogP contribution in [0.4, 0.5) is 17.1 Å². The minimum atomic E-state index is -4.56. The summed E-state index contributed by atoms with van der Waals surface area (Å²) in [5, 5.41) is 16.0. The number of aromatic amines is 1. The number of hydrogen-bond donors (Lipinski definition) is 3. The van der Waals surface area contributed by atoms with Gasteiger partial charge in [0.2, 0.25) is 0 Å². The maximum atomic E-state index is 13.9. The number of hydrogen-bond acceptors (Lipinski definition) is 12. The highest BCUT2D eigenvalue weighted by molar-refractivity contribution is 7.90. The molecule has 2 bridgehead atoms. The number of anilines is 2. The number of carbonyl (C=O) groups is 1. The summed E-state index contributed by atoms with van der Waals surface area (Å²) in [4.78, 5) is 39.4. The van der Waals surface area contributed by atoms with E-state index in [1.54, 1.807) is 41.7 Å². The Kier molecular flexibility index (Phi) is 11.3. The number of sulfonamides is 1. The molecule has 4 aliphatic carbocycles. The molecule has 3 N–H and O–H groups in total. The molecule has 2 atom stereocenters. The number of aromatic nitrogens is 2. The van der Waals surface area contributed by atoms with Crippen LogP contribution in [0.1, 0.15) is 69.7 Å². The average molecular weight is 867 g/mol. The first-order valence-electron chi connectivity index (χ1n) is 21.9. The van der Waals surface area contributed by atoms with Gasteiger partial charge in [-0.15, -0.1) is 0 Å². The molecule has 15 nitrogen and oxygen atoms in total. The van der Waals surface area contributed by atoms with Crippen molar-refractivity contribution < 1.29 is 27.6 Å². The van der Waals surface area contributed by atoms with Crippen molar-refractivity contribution in [3.63, 3.8) is 0 Å². The second-order valence-corrected chi connectivity index (χ2v) is 21.1. The molecule has 330 valence electrons. The summed E-state index contributed by atoms with van der Waals surface area (Å²) < 4.78 is 41.6. The molecule has 62 heavy (non-hydrogen) atoms. The van der Waals surface area contributed by atoms with Crippen molar-refractivity contribution in [3.8, 4) is 11.5 Å². The molecule has 5 fully saturated rings. The van der Waals surface area contributed by atoms with Gasteiger partial charge in [-0.3, -0.25) is 19.8 Å². The molecule has 0 spiro atoms. The van der Waals surface area contributed by atoms with E-state index < -0.39 is 31.4 Å². The smallest absolute Gasteiger partial charge is 0.293 e. The number of nitro benzene ring substituents is 1. The SMILES string of the molecule is CN1CCO[C@H](CNc2ccc(S(=O)(=O)NC(=O)c3ccc(N4CCN(CC5=C([C@@H]6CC7(C)CC6C7)CC(C)(C)CC5)CC4)cc3Oc3cnc4[nH]ccc4c3)cc2[N+](=O)[O-])C1. The molecule has 4 aromatic rings. The van der Waals surface area contributed by atoms with Gasteiger partial charge in [-0.2, -0.15) is 0 Å². The Labute approximate surface area is 363 Å². The third kappa shape index (κ3) is 8.92. The van der Waals surface area contributed by atoms with E-state index in [1.807, 2.05) is 19.2 Å². The summed E-state index contributed by atoms with van der Waals surface area (Å²) in [7, 11) is -2.59. The zero-order valence-electron chi connectivity index (χ0n) is 36.1. The number of amides is 1. The minimum absolute atomic E-state index is 0.0197. The normalized spacial score (nSPS) is 25.4. The molecule has 16 heteroatoms. The van der Waals surface area contributed by atoms with Crippen molar-refractivity contribution in [1.82, 2.24) is 24.5 Å². The second kappa shape index (κ2) is 16.6. The predicted molar refractivity (Wildman–Crippen MR) is 238 cm³/mol. The molecule has 4 heterocycles. The monoisotopic (exact) mass is 866 g/mol. The molecule has 1 amide bonds. The van der Waals surface area contributed by atoms with Crippen molar-refractivity contribution in [2.75, 3.05) is 76.2 Å². The number of nitrogens with zero attached hydrogens (tertiary/aromatic N) is 5. The van der Waals surface area contributed by atoms with E-state index in [-0.39, 0.29) is 23.1 Å². The predicted octanol–water partition coefficient (Wildman–Crippen LogP) is 7.19. The van der Waals surface area contributed by atoms with Gasteiger partial charge in [-0.1, -0.05) is 31.9 Å². The molecule has 2 saturated heterocycles. The lowest BCUT2D eigenvalue weighted by molar-refractivity contribution is -0.384. The van der Waals surface area contributed by atoms with Crippen LogP contribution in [0.25, 0.3) is 11.0 Å². The van der Waals surface area contributed by atoms with Gasteiger partial charge in [0.15, 0.2) is 0 Å². The van der Waals surface area contributed by atoms with Crippen LogP contribution in [-0.2, 0) is 14.8 Å². The van der Waals surface area contributed by atoms with Crippen LogP contribution in [0.3, 0.4) is 0 Å². The van der Waals surface area contributed by atoms with E-state index in [9.17, 15) is 23.3 Å². The zero-order chi connectivity index (χ0) is 43.4. The maximum absolute atomic E-state index is 13.9. The van der Waals surface area contributed by atoms with Crippen molar-refractivity contribution in [2.24, 2.45) is 22.7 Å². The van der Waals surface area contributed by atoms with Gasteiger partial charge in [0.1, 0.15) is 22.8 Å². The Morgan fingerprint density at radius 3 is 2.60 bits per heavy atom. The maximum Gasteiger partial charge on any atom is 0.293 e. The highest BCUT2D eigenvalue weighted by Crippen LogP contribution is 2.65. The van der Waals surface area contributed by atoms with Gasteiger partial charge in [0, 0.05) is 81.8 Å². The van der Waals surface area contributed by atoms with Gasteiger partial charge < -0.3 is 29.6 Å². The molecule has 10 rings (SSSR count).